The molecular formula is C20H23N3O5S. The van der Waals surface area contributed by atoms with Crippen LogP contribution in [-0.4, -0.2) is 28.6 Å². The molecular weight excluding hydrogens is 394 g/mol. The summed E-state index contributed by atoms with van der Waals surface area (Å²) in [6.07, 6.45) is 2.67. The van der Waals surface area contributed by atoms with Crippen molar-refractivity contribution in [2.45, 2.75) is 40.0 Å². The molecule has 0 atom stereocenters. The van der Waals surface area contributed by atoms with E-state index in [1.807, 2.05) is 5.38 Å². The normalized spacial score (nSPS) is 11.0. The lowest BCUT2D eigenvalue weighted by molar-refractivity contribution is -0.116. The number of nitrogens with zero attached hydrogens (tertiary/aromatic N) is 2. The van der Waals surface area contributed by atoms with Gasteiger partial charge < -0.3 is 19.0 Å². The third kappa shape index (κ3) is 5.32. The molecule has 0 saturated carbocycles. The van der Waals surface area contributed by atoms with Crippen molar-refractivity contribution in [3.8, 4) is 11.6 Å². The van der Waals surface area contributed by atoms with Gasteiger partial charge in [-0.1, -0.05) is 19.0 Å². The molecule has 8 nitrogen and oxygen atoms in total. The fourth-order valence-electron chi connectivity index (χ4n) is 2.77. The van der Waals surface area contributed by atoms with Gasteiger partial charge in [0.2, 0.25) is 17.6 Å². The molecule has 0 radical (unpaired) electrons. The number of ether oxygens (including phenoxy) is 1. The summed E-state index contributed by atoms with van der Waals surface area (Å²) in [7, 11) is 0. The molecule has 3 aromatic heterocycles. The molecule has 0 saturated heterocycles. The highest BCUT2D eigenvalue weighted by atomic mass is 32.1. The van der Waals surface area contributed by atoms with E-state index in [0.717, 1.165) is 12.0 Å². The molecule has 0 unspecified atom stereocenters. The Morgan fingerprint density at radius 3 is 2.86 bits per heavy atom. The lowest BCUT2D eigenvalue weighted by atomic mass is 10.0. The molecule has 0 aromatic carbocycles. The first kappa shape index (κ1) is 20.8. The number of aryl methyl sites for hydroxylation is 1. The molecule has 3 heterocycles. The Morgan fingerprint density at radius 1 is 1.34 bits per heavy atom. The van der Waals surface area contributed by atoms with Crippen molar-refractivity contribution in [1.29, 1.82) is 0 Å². The molecule has 3 aromatic rings. The molecule has 0 fully saturated rings. The summed E-state index contributed by atoms with van der Waals surface area (Å²) in [6.45, 7) is 6.18. The number of furan rings is 1. The Morgan fingerprint density at radius 2 is 2.17 bits per heavy atom. The van der Waals surface area contributed by atoms with E-state index in [-0.39, 0.29) is 25.4 Å². The van der Waals surface area contributed by atoms with Crippen molar-refractivity contribution in [3.05, 3.63) is 40.8 Å². The first-order valence-electron chi connectivity index (χ1n) is 9.41. The number of anilines is 1. The first-order chi connectivity index (χ1) is 14.0. The maximum Gasteiger partial charge on any atom is 0.341 e. The van der Waals surface area contributed by atoms with Gasteiger partial charge >= 0.3 is 5.97 Å². The lowest BCUT2D eigenvalue weighted by Gasteiger charge is -2.09. The summed E-state index contributed by atoms with van der Waals surface area (Å²) >= 11 is 1.33. The van der Waals surface area contributed by atoms with Crippen LogP contribution in [0.5, 0.6) is 0 Å². The van der Waals surface area contributed by atoms with Gasteiger partial charge in [-0.3, -0.25) is 4.79 Å². The van der Waals surface area contributed by atoms with Crippen molar-refractivity contribution in [1.82, 2.24) is 10.1 Å². The summed E-state index contributed by atoms with van der Waals surface area (Å²) in [5, 5.41) is 9.06. The summed E-state index contributed by atoms with van der Waals surface area (Å²) in [5.41, 5.74) is 1.33. The lowest BCUT2D eigenvalue weighted by Crippen LogP contribution is -2.16. The molecule has 3 rings (SSSR count). The summed E-state index contributed by atoms with van der Waals surface area (Å²) in [5.74, 6) is 0.892. The van der Waals surface area contributed by atoms with Crippen molar-refractivity contribution < 1.29 is 23.3 Å². The van der Waals surface area contributed by atoms with Crippen molar-refractivity contribution in [2.75, 3.05) is 11.9 Å². The molecule has 1 N–H and O–H groups in total. The van der Waals surface area contributed by atoms with E-state index in [9.17, 15) is 9.59 Å². The highest BCUT2D eigenvalue weighted by molar-refractivity contribution is 7.15. The molecule has 154 valence electrons. The van der Waals surface area contributed by atoms with Crippen molar-refractivity contribution in [2.24, 2.45) is 5.92 Å². The fourth-order valence-corrected chi connectivity index (χ4v) is 3.75. The number of thiophene rings is 1. The van der Waals surface area contributed by atoms with Crippen LogP contribution < -0.4 is 5.32 Å². The first-order valence-corrected chi connectivity index (χ1v) is 10.3. The third-order valence-corrected chi connectivity index (χ3v) is 4.95. The monoisotopic (exact) mass is 417 g/mol. The van der Waals surface area contributed by atoms with Crippen molar-refractivity contribution in [3.63, 3.8) is 0 Å². The topological polar surface area (TPSA) is 107 Å². The van der Waals surface area contributed by atoms with E-state index < -0.39 is 5.97 Å². The number of rotatable bonds is 9. The Labute approximate surface area is 172 Å². The van der Waals surface area contributed by atoms with Gasteiger partial charge in [0.1, 0.15) is 5.00 Å². The second-order valence-corrected chi connectivity index (χ2v) is 7.70. The number of carbonyl (C=O) groups excluding carboxylic acids is 2. The van der Waals surface area contributed by atoms with E-state index in [4.69, 9.17) is 13.7 Å². The second kappa shape index (κ2) is 9.51. The number of esters is 1. The number of aromatic nitrogens is 2. The fraction of sp³-hybridized carbons (Fsp3) is 0.400. The van der Waals surface area contributed by atoms with Crippen LogP contribution in [0.3, 0.4) is 0 Å². The minimum atomic E-state index is -0.417. The number of amides is 1. The van der Waals surface area contributed by atoms with E-state index >= 15 is 0 Å². The third-order valence-electron chi connectivity index (χ3n) is 4.00. The second-order valence-electron chi connectivity index (χ2n) is 6.82. The predicted molar refractivity (Wildman–Crippen MR) is 108 cm³/mol. The average Bonchev–Trinajstić information content (AvgIpc) is 3.41. The number of hydrogen-bond donors (Lipinski definition) is 1. The summed E-state index contributed by atoms with van der Waals surface area (Å²) in [6, 6.07) is 3.46. The van der Waals surface area contributed by atoms with Crippen LogP contribution in [0, 0.1) is 5.92 Å². The maximum absolute atomic E-state index is 12.4. The molecule has 9 heteroatoms. The Kier molecular flexibility index (Phi) is 6.82. The van der Waals surface area contributed by atoms with Crippen LogP contribution in [0.4, 0.5) is 5.00 Å². The molecule has 0 aliphatic rings. The SMILES string of the molecule is CCOC(=O)c1c(CC(C)C)csc1NC(=O)CCc1nc(-c2ccco2)no1. The maximum atomic E-state index is 12.4. The summed E-state index contributed by atoms with van der Waals surface area (Å²) in [4.78, 5) is 29.0. The van der Waals surface area contributed by atoms with Gasteiger partial charge in [-0.05, 0) is 42.3 Å². The molecule has 29 heavy (non-hydrogen) atoms. The molecule has 0 aliphatic heterocycles. The Hall–Kier alpha value is -2.94. The summed E-state index contributed by atoms with van der Waals surface area (Å²) < 4.78 is 15.5. The van der Waals surface area contributed by atoms with Crippen LogP contribution in [0.2, 0.25) is 0 Å². The van der Waals surface area contributed by atoms with E-state index in [2.05, 4.69) is 29.3 Å². The van der Waals surface area contributed by atoms with Gasteiger partial charge in [0.05, 0.1) is 18.4 Å². The number of hydrogen-bond acceptors (Lipinski definition) is 8. The van der Waals surface area contributed by atoms with Gasteiger partial charge in [-0.2, -0.15) is 4.98 Å². The van der Waals surface area contributed by atoms with E-state index in [0.29, 0.717) is 34.0 Å². The number of nitrogens with one attached hydrogen (secondary N) is 1. The van der Waals surface area contributed by atoms with Crippen LogP contribution in [0.25, 0.3) is 11.6 Å². The van der Waals surface area contributed by atoms with Gasteiger partial charge in [0, 0.05) is 12.8 Å². The van der Waals surface area contributed by atoms with E-state index in [1.54, 1.807) is 19.1 Å². The van der Waals surface area contributed by atoms with Crippen LogP contribution in [0.15, 0.2) is 32.7 Å². The van der Waals surface area contributed by atoms with Crippen LogP contribution in [0.1, 0.15) is 49.0 Å². The van der Waals surface area contributed by atoms with Gasteiger partial charge in [-0.15, -0.1) is 11.3 Å². The van der Waals surface area contributed by atoms with Gasteiger partial charge in [0.15, 0.2) is 5.76 Å². The average molecular weight is 417 g/mol. The van der Waals surface area contributed by atoms with Crippen LogP contribution >= 0.6 is 11.3 Å². The molecule has 0 bridgehead atoms. The minimum absolute atomic E-state index is 0.138. The van der Waals surface area contributed by atoms with Gasteiger partial charge in [-0.25, -0.2) is 4.79 Å². The zero-order valence-corrected chi connectivity index (χ0v) is 17.4. The quantitative estimate of drug-likeness (QED) is 0.516. The standard InChI is InChI=1S/C20H23N3O5S/c1-4-26-20(25)17-13(10-12(2)3)11-29-19(17)21-15(24)7-8-16-22-18(23-28-16)14-6-5-9-27-14/h5-6,9,11-12H,4,7-8,10H2,1-3H3,(H,21,24). The zero-order chi connectivity index (χ0) is 20.8. The van der Waals surface area contributed by atoms with E-state index in [1.165, 1.54) is 17.6 Å². The highest BCUT2D eigenvalue weighted by Crippen LogP contribution is 2.31. The zero-order valence-electron chi connectivity index (χ0n) is 16.6. The van der Waals surface area contributed by atoms with Crippen LogP contribution in [-0.2, 0) is 22.4 Å². The molecule has 0 spiro atoms. The molecule has 1 amide bonds. The Balaban J connectivity index is 1.64. The predicted octanol–water partition coefficient (Wildman–Crippen LogP) is 4.34. The smallest absolute Gasteiger partial charge is 0.341 e. The van der Waals surface area contributed by atoms with Gasteiger partial charge in [0.25, 0.3) is 0 Å². The number of carbonyl (C=O) groups is 2. The minimum Gasteiger partial charge on any atom is -0.462 e. The van der Waals surface area contributed by atoms with Crippen molar-refractivity contribution >= 4 is 28.2 Å². The largest absolute Gasteiger partial charge is 0.462 e. The molecule has 0 aliphatic carbocycles. The Bertz CT molecular complexity index is 959. The highest BCUT2D eigenvalue weighted by Gasteiger charge is 2.22.